The summed E-state index contributed by atoms with van der Waals surface area (Å²) >= 11 is 8.80. The predicted molar refractivity (Wildman–Crippen MR) is 124 cm³/mol. The highest BCUT2D eigenvalue weighted by Gasteiger charge is 2.36. The molecule has 33 heavy (non-hydrogen) atoms. The molecule has 1 atom stereocenters. The van der Waals surface area contributed by atoms with Gasteiger partial charge < -0.3 is 19.7 Å². The molecule has 0 unspecified atom stereocenters. The summed E-state index contributed by atoms with van der Waals surface area (Å²) in [4.78, 5) is 48.9. The SMILES string of the molecule is CC(C)(C)OC(=O)NC[C@H]1CN(c2ccc3c(c2)CC(=O)N3CC2CC2)C(=O)O1.O=C(Cl)Cl. The highest BCUT2D eigenvalue weighted by Crippen LogP contribution is 2.37. The van der Waals surface area contributed by atoms with E-state index in [0.717, 1.165) is 17.8 Å². The maximum absolute atomic E-state index is 12.4. The highest BCUT2D eigenvalue weighted by molar-refractivity contribution is 6.93. The number of hydrogen-bond acceptors (Lipinski definition) is 6. The summed E-state index contributed by atoms with van der Waals surface area (Å²) in [7, 11) is 0. The van der Waals surface area contributed by atoms with E-state index < -0.39 is 28.6 Å². The van der Waals surface area contributed by atoms with E-state index in [1.54, 1.807) is 20.8 Å². The molecule has 1 aromatic rings. The predicted octanol–water partition coefficient (Wildman–Crippen LogP) is 4.42. The third-order valence-electron chi connectivity index (χ3n) is 5.19. The molecular formula is C22H27Cl2N3O6. The zero-order valence-electron chi connectivity index (χ0n) is 18.7. The second kappa shape index (κ2) is 10.2. The number of halogens is 2. The molecule has 9 nitrogen and oxygen atoms in total. The Labute approximate surface area is 202 Å². The number of benzene rings is 1. The second-order valence-electron chi connectivity index (χ2n) is 9.16. The van der Waals surface area contributed by atoms with Gasteiger partial charge in [0.05, 0.1) is 19.5 Å². The van der Waals surface area contributed by atoms with E-state index >= 15 is 0 Å². The number of hydrogen-bond donors (Lipinski definition) is 1. The van der Waals surface area contributed by atoms with E-state index in [1.807, 2.05) is 23.1 Å². The molecule has 3 amide bonds. The van der Waals surface area contributed by atoms with Gasteiger partial charge in [-0.05, 0) is 86.5 Å². The summed E-state index contributed by atoms with van der Waals surface area (Å²) in [6.45, 7) is 6.65. The van der Waals surface area contributed by atoms with Gasteiger partial charge >= 0.3 is 16.9 Å². The van der Waals surface area contributed by atoms with Gasteiger partial charge in [0.2, 0.25) is 5.91 Å². The van der Waals surface area contributed by atoms with E-state index in [9.17, 15) is 14.4 Å². The molecule has 180 valence electrons. The van der Waals surface area contributed by atoms with Crippen molar-refractivity contribution in [1.29, 1.82) is 0 Å². The lowest BCUT2D eigenvalue weighted by atomic mass is 10.1. The average molecular weight is 500 g/mol. The molecule has 0 radical (unpaired) electrons. The van der Waals surface area contributed by atoms with Gasteiger partial charge in [0.1, 0.15) is 11.7 Å². The minimum atomic E-state index is -0.889. The molecule has 0 spiro atoms. The van der Waals surface area contributed by atoms with Crippen LogP contribution >= 0.6 is 23.2 Å². The minimum Gasteiger partial charge on any atom is -0.444 e. The lowest BCUT2D eigenvalue weighted by Crippen LogP contribution is -2.38. The van der Waals surface area contributed by atoms with Crippen molar-refractivity contribution in [3.63, 3.8) is 0 Å². The Morgan fingerprint density at radius 3 is 2.48 bits per heavy atom. The maximum Gasteiger partial charge on any atom is 0.414 e. The average Bonchev–Trinajstić information content (AvgIpc) is 3.35. The van der Waals surface area contributed by atoms with E-state index in [1.165, 1.54) is 17.7 Å². The van der Waals surface area contributed by atoms with Crippen LogP contribution in [-0.4, -0.2) is 54.1 Å². The number of alkyl carbamates (subject to hydrolysis) is 1. The number of nitrogens with one attached hydrogen (secondary N) is 1. The first-order chi connectivity index (χ1) is 15.4. The number of ether oxygens (including phenoxy) is 2. The van der Waals surface area contributed by atoms with Crippen molar-refractivity contribution in [2.45, 2.75) is 51.7 Å². The van der Waals surface area contributed by atoms with E-state index in [4.69, 9.17) is 14.3 Å². The Bertz CT molecular complexity index is 941. The van der Waals surface area contributed by atoms with Gasteiger partial charge in [0, 0.05) is 17.9 Å². The number of cyclic esters (lactones) is 1. The van der Waals surface area contributed by atoms with Crippen LogP contribution in [0.5, 0.6) is 0 Å². The molecule has 1 aromatic carbocycles. The summed E-state index contributed by atoms with van der Waals surface area (Å²) in [6.07, 6.45) is 1.28. The summed E-state index contributed by atoms with van der Waals surface area (Å²) in [5.74, 6) is 0.740. The normalized spacial score (nSPS) is 19.5. The lowest BCUT2D eigenvalue weighted by molar-refractivity contribution is -0.117. The fraction of sp³-hybridized carbons (Fsp3) is 0.545. The molecule has 3 aliphatic rings. The van der Waals surface area contributed by atoms with Crippen LogP contribution in [0.4, 0.5) is 25.8 Å². The molecule has 0 aromatic heterocycles. The first-order valence-electron chi connectivity index (χ1n) is 10.7. The van der Waals surface area contributed by atoms with Crippen LogP contribution in [0.15, 0.2) is 18.2 Å². The Hall–Kier alpha value is -2.52. The fourth-order valence-electron chi connectivity index (χ4n) is 3.65. The summed E-state index contributed by atoms with van der Waals surface area (Å²) < 4.78 is 9.68. The molecule has 1 aliphatic carbocycles. The maximum atomic E-state index is 12.4. The van der Waals surface area contributed by atoms with Gasteiger partial charge in [0.15, 0.2) is 0 Å². The molecule has 2 fully saturated rings. The largest absolute Gasteiger partial charge is 0.444 e. The van der Waals surface area contributed by atoms with Crippen molar-refractivity contribution >= 4 is 57.4 Å². The first-order valence-corrected chi connectivity index (χ1v) is 11.4. The highest BCUT2D eigenvalue weighted by atomic mass is 35.5. The monoisotopic (exact) mass is 499 g/mol. The molecule has 0 bridgehead atoms. The number of rotatable bonds is 5. The van der Waals surface area contributed by atoms with Gasteiger partial charge in [-0.25, -0.2) is 9.59 Å². The smallest absolute Gasteiger partial charge is 0.414 e. The van der Waals surface area contributed by atoms with Crippen LogP contribution < -0.4 is 15.1 Å². The van der Waals surface area contributed by atoms with Crippen LogP contribution in [0, 0.1) is 5.92 Å². The summed E-state index contributed by atoms with van der Waals surface area (Å²) in [5, 5.41) is 2.63. The van der Waals surface area contributed by atoms with Crippen LogP contribution in [0.3, 0.4) is 0 Å². The van der Waals surface area contributed by atoms with Crippen LogP contribution in [0.1, 0.15) is 39.2 Å². The van der Waals surface area contributed by atoms with Crippen LogP contribution in [0.25, 0.3) is 0 Å². The van der Waals surface area contributed by atoms with Gasteiger partial charge in [-0.3, -0.25) is 14.5 Å². The standard InChI is InChI=1S/C21H27N3O5.CCl2O/c1-21(2,3)29-19(26)22-10-16-12-23(20(27)28-16)15-6-7-17-14(8-15)9-18(25)24(17)11-13-4-5-13;2-1(3)4/h6-8,13,16H,4-5,9-12H2,1-3H3,(H,22,26);/t16-;/m0./s1. The quantitative estimate of drug-likeness (QED) is 0.601. The molecule has 1 saturated carbocycles. The van der Waals surface area contributed by atoms with Crippen LogP contribution in [0.2, 0.25) is 0 Å². The number of carbonyl (C=O) groups is 4. The second-order valence-corrected chi connectivity index (χ2v) is 10.0. The van der Waals surface area contributed by atoms with Crippen molar-refractivity contribution in [2.24, 2.45) is 5.92 Å². The topological polar surface area (TPSA) is 105 Å². The third-order valence-corrected chi connectivity index (χ3v) is 5.19. The Kier molecular flexibility index (Phi) is 7.74. The first kappa shape index (κ1) is 25.1. The summed E-state index contributed by atoms with van der Waals surface area (Å²) in [6, 6.07) is 5.66. The minimum absolute atomic E-state index is 0.118. The number of fused-ring (bicyclic) bond motifs is 1. The van der Waals surface area contributed by atoms with Crippen molar-refractivity contribution in [3.05, 3.63) is 23.8 Å². The zero-order chi connectivity index (χ0) is 24.3. The Balaban J connectivity index is 0.000000709. The van der Waals surface area contributed by atoms with Crippen molar-refractivity contribution < 1.29 is 28.7 Å². The number of amides is 3. The zero-order valence-corrected chi connectivity index (χ0v) is 20.2. The molecule has 2 heterocycles. The van der Waals surface area contributed by atoms with E-state index in [-0.39, 0.29) is 12.5 Å². The van der Waals surface area contributed by atoms with Gasteiger partial charge in [-0.15, -0.1) is 0 Å². The third kappa shape index (κ3) is 7.23. The summed E-state index contributed by atoms with van der Waals surface area (Å²) in [5.41, 5.74) is 2.00. The Morgan fingerprint density at radius 2 is 1.88 bits per heavy atom. The molecule has 1 saturated heterocycles. The number of carbonyl (C=O) groups excluding carboxylic acids is 4. The van der Waals surface area contributed by atoms with Crippen molar-refractivity contribution in [2.75, 3.05) is 29.4 Å². The van der Waals surface area contributed by atoms with E-state index in [2.05, 4.69) is 28.5 Å². The van der Waals surface area contributed by atoms with Gasteiger partial charge in [-0.1, -0.05) is 0 Å². The van der Waals surface area contributed by atoms with Crippen LogP contribution in [-0.2, 0) is 20.7 Å². The number of anilines is 2. The Morgan fingerprint density at radius 1 is 1.21 bits per heavy atom. The molecule has 4 rings (SSSR count). The van der Waals surface area contributed by atoms with Crippen molar-refractivity contribution in [3.8, 4) is 0 Å². The lowest BCUT2D eigenvalue weighted by Gasteiger charge is -2.20. The molecular weight excluding hydrogens is 473 g/mol. The molecule has 1 N–H and O–H groups in total. The fourth-order valence-corrected chi connectivity index (χ4v) is 3.65. The van der Waals surface area contributed by atoms with Crippen molar-refractivity contribution in [1.82, 2.24) is 5.32 Å². The molecule has 11 heteroatoms. The van der Waals surface area contributed by atoms with E-state index in [0.29, 0.717) is 24.6 Å². The number of nitrogens with zero attached hydrogens (tertiary/aromatic N) is 2. The van der Waals surface area contributed by atoms with Gasteiger partial charge in [-0.2, -0.15) is 0 Å². The molecule has 2 aliphatic heterocycles. The van der Waals surface area contributed by atoms with Gasteiger partial charge in [0.25, 0.3) is 0 Å².